The van der Waals surface area contributed by atoms with E-state index in [-0.39, 0.29) is 5.91 Å². The Balaban J connectivity index is 1.64. The Morgan fingerprint density at radius 2 is 2.27 bits per heavy atom. The lowest BCUT2D eigenvalue weighted by molar-refractivity contribution is -0.130. The summed E-state index contributed by atoms with van der Waals surface area (Å²) >= 11 is 0. The van der Waals surface area contributed by atoms with Gasteiger partial charge in [0.1, 0.15) is 19.0 Å². The second-order valence-corrected chi connectivity index (χ2v) is 6.80. The predicted molar refractivity (Wildman–Crippen MR) is 100 cm³/mol. The zero-order valence-corrected chi connectivity index (χ0v) is 15.0. The first-order valence-electron chi connectivity index (χ1n) is 9.09. The number of nitrogens with zero attached hydrogens (tertiary/aromatic N) is 3. The molecule has 2 aromatic rings. The van der Waals surface area contributed by atoms with E-state index in [0.717, 1.165) is 30.8 Å². The van der Waals surface area contributed by atoms with Gasteiger partial charge in [0, 0.05) is 18.3 Å². The third-order valence-electron chi connectivity index (χ3n) is 4.85. The molecule has 0 saturated carbocycles. The van der Waals surface area contributed by atoms with Gasteiger partial charge in [-0.2, -0.15) is 0 Å². The molecule has 2 aliphatic rings. The second-order valence-electron chi connectivity index (χ2n) is 6.80. The monoisotopic (exact) mass is 349 g/mol. The normalized spacial score (nSPS) is 15.7. The van der Waals surface area contributed by atoms with Crippen molar-refractivity contribution in [3.05, 3.63) is 71.1 Å². The van der Waals surface area contributed by atoms with Crippen molar-refractivity contribution in [1.82, 2.24) is 14.5 Å². The van der Waals surface area contributed by atoms with Crippen LogP contribution in [0.15, 0.2) is 42.8 Å². The number of allylic oxidation sites excluding steroid dienone is 1. The summed E-state index contributed by atoms with van der Waals surface area (Å²) in [5, 5.41) is 0. The Labute approximate surface area is 153 Å². The molecular weight excluding hydrogens is 326 g/mol. The van der Waals surface area contributed by atoms with Crippen LogP contribution in [0.3, 0.4) is 0 Å². The fraction of sp³-hybridized carbons (Fsp3) is 0.333. The highest BCUT2D eigenvalue weighted by Gasteiger charge is 2.22. The molecule has 1 aromatic carbocycles. The first kappa shape index (κ1) is 16.6. The highest BCUT2D eigenvalue weighted by molar-refractivity contribution is 5.77. The van der Waals surface area contributed by atoms with Crippen LogP contribution < -0.4 is 0 Å². The molecule has 4 rings (SSSR count). The molecule has 5 nitrogen and oxygen atoms in total. The molecule has 0 unspecified atom stereocenters. The van der Waals surface area contributed by atoms with Crippen molar-refractivity contribution in [2.45, 2.75) is 32.7 Å². The molecule has 0 fully saturated rings. The second kappa shape index (κ2) is 7.20. The Bertz CT molecular complexity index is 879. The fourth-order valence-corrected chi connectivity index (χ4v) is 3.54. The Kier molecular flexibility index (Phi) is 4.61. The van der Waals surface area contributed by atoms with E-state index < -0.39 is 0 Å². The lowest BCUT2D eigenvalue weighted by Gasteiger charge is -2.23. The van der Waals surface area contributed by atoms with E-state index in [1.807, 2.05) is 0 Å². The molecule has 134 valence electrons. The summed E-state index contributed by atoms with van der Waals surface area (Å²) in [4.78, 5) is 19.3. The van der Waals surface area contributed by atoms with E-state index in [0.29, 0.717) is 19.7 Å². The van der Waals surface area contributed by atoms with E-state index in [1.54, 1.807) is 17.4 Å². The number of imidazole rings is 1. The molecule has 1 aliphatic carbocycles. The first-order chi connectivity index (χ1) is 12.7. The molecule has 0 saturated heterocycles. The van der Waals surface area contributed by atoms with Gasteiger partial charge in [-0.3, -0.25) is 4.79 Å². The number of aryl methyl sites for hydroxylation is 1. The van der Waals surface area contributed by atoms with Gasteiger partial charge in [0.15, 0.2) is 0 Å². The molecule has 1 aliphatic heterocycles. The third kappa shape index (κ3) is 3.43. The van der Waals surface area contributed by atoms with Crippen LogP contribution >= 0.6 is 0 Å². The highest BCUT2D eigenvalue weighted by Crippen LogP contribution is 2.23. The maximum absolute atomic E-state index is 12.8. The average Bonchev–Trinajstić information content (AvgIpc) is 3.00. The van der Waals surface area contributed by atoms with Gasteiger partial charge in [0.05, 0.1) is 18.5 Å². The number of hydrogen-bond acceptors (Lipinski definition) is 3. The van der Waals surface area contributed by atoms with Crippen molar-refractivity contribution in [1.29, 1.82) is 0 Å². The quantitative estimate of drug-likeness (QED) is 0.852. The summed E-state index contributed by atoms with van der Waals surface area (Å²) in [6.07, 6.45) is 10.2. The molecule has 26 heavy (non-hydrogen) atoms. The van der Waals surface area contributed by atoms with Gasteiger partial charge in [-0.15, -0.1) is 0 Å². The van der Waals surface area contributed by atoms with Gasteiger partial charge < -0.3 is 14.2 Å². The van der Waals surface area contributed by atoms with Gasteiger partial charge >= 0.3 is 0 Å². The number of amides is 1. The zero-order chi connectivity index (χ0) is 17.9. The van der Waals surface area contributed by atoms with E-state index in [1.165, 1.54) is 16.8 Å². The molecule has 1 aromatic heterocycles. The minimum absolute atomic E-state index is 0.0739. The van der Waals surface area contributed by atoms with Crippen molar-refractivity contribution in [2.75, 3.05) is 13.2 Å². The van der Waals surface area contributed by atoms with Gasteiger partial charge in [-0.05, 0) is 31.4 Å². The smallest absolute Gasteiger partial charge is 0.246 e. The largest absolute Gasteiger partial charge is 0.498 e. The number of aromatic nitrogens is 2. The maximum atomic E-state index is 12.8. The lowest BCUT2D eigenvalue weighted by atomic mass is 10.1. The van der Waals surface area contributed by atoms with Gasteiger partial charge in [-0.1, -0.05) is 35.9 Å². The summed E-state index contributed by atoms with van der Waals surface area (Å²) in [6.45, 7) is 3.56. The third-order valence-corrected chi connectivity index (χ3v) is 4.85. The summed E-state index contributed by atoms with van der Waals surface area (Å²) in [5.74, 6) is 1.03. The van der Waals surface area contributed by atoms with Gasteiger partial charge in [0.2, 0.25) is 5.91 Å². The number of ether oxygens (including phenoxy) is 1. The average molecular weight is 349 g/mol. The minimum Gasteiger partial charge on any atom is -0.498 e. The van der Waals surface area contributed by atoms with Gasteiger partial charge in [0.25, 0.3) is 0 Å². The predicted octanol–water partition coefficient (Wildman–Crippen LogP) is 3.07. The van der Waals surface area contributed by atoms with Gasteiger partial charge in [-0.25, -0.2) is 4.98 Å². The number of hydrogen-bond donors (Lipinski definition) is 0. The number of benzene rings is 1. The summed E-state index contributed by atoms with van der Waals surface area (Å²) in [7, 11) is 0. The summed E-state index contributed by atoms with van der Waals surface area (Å²) in [5.41, 5.74) is 4.63. The molecule has 1 amide bonds. The van der Waals surface area contributed by atoms with E-state index in [2.05, 4.69) is 47.9 Å². The first-order valence-corrected chi connectivity index (χ1v) is 9.09. The topological polar surface area (TPSA) is 47.4 Å². The van der Waals surface area contributed by atoms with Crippen LogP contribution in [0.5, 0.6) is 0 Å². The molecule has 0 radical (unpaired) electrons. The van der Waals surface area contributed by atoms with E-state index >= 15 is 0 Å². The van der Waals surface area contributed by atoms with Crippen LogP contribution in [0.1, 0.15) is 34.8 Å². The molecule has 0 bridgehead atoms. The molecular formula is C21H23N3O2. The molecule has 5 heteroatoms. The van der Waals surface area contributed by atoms with Crippen LogP contribution in [-0.2, 0) is 28.9 Å². The Morgan fingerprint density at radius 1 is 1.35 bits per heavy atom. The van der Waals surface area contributed by atoms with Crippen LogP contribution in [0, 0.1) is 6.92 Å². The van der Waals surface area contributed by atoms with E-state index in [9.17, 15) is 4.79 Å². The number of carbonyl (C=O) groups is 1. The standard InChI is InChI=1S/C21H23N3O2/c1-16-5-4-6-17(13-16)14-20-22-18-7-2-3-8-19(18)24(20)15-21(25)23-9-11-26-12-10-23/h2,4-7,9,11,13H,3,8,10,12,14-15H2,1H3. The lowest BCUT2D eigenvalue weighted by Crippen LogP contribution is -2.34. The molecule has 2 heterocycles. The SMILES string of the molecule is Cc1cccc(Cc2nc3c(n2CC(=O)N2C=COCC2)CCC=C3)c1. The molecule has 0 N–H and O–H groups in total. The maximum Gasteiger partial charge on any atom is 0.246 e. The van der Waals surface area contributed by atoms with Crippen molar-refractivity contribution in [2.24, 2.45) is 0 Å². The number of fused-ring (bicyclic) bond motifs is 1. The fourth-order valence-electron chi connectivity index (χ4n) is 3.54. The number of rotatable bonds is 4. The van der Waals surface area contributed by atoms with Crippen LogP contribution in [0.4, 0.5) is 0 Å². The van der Waals surface area contributed by atoms with Crippen LogP contribution in [0.2, 0.25) is 0 Å². The van der Waals surface area contributed by atoms with E-state index in [4.69, 9.17) is 9.72 Å². The van der Waals surface area contributed by atoms with Crippen LogP contribution in [-0.4, -0.2) is 33.5 Å². The highest BCUT2D eigenvalue weighted by atomic mass is 16.5. The number of carbonyl (C=O) groups excluding carboxylic acids is 1. The molecule has 0 spiro atoms. The zero-order valence-electron chi connectivity index (χ0n) is 15.0. The summed E-state index contributed by atoms with van der Waals surface area (Å²) in [6, 6.07) is 8.47. The minimum atomic E-state index is 0.0739. The van der Waals surface area contributed by atoms with Crippen LogP contribution in [0.25, 0.3) is 6.08 Å². The van der Waals surface area contributed by atoms with Crippen molar-refractivity contribution in [3.8, 4) is 0 Å². The van der Waals surface area contributed by atoms with Crippen molar-refractivity contribution < 1.29 is 9.53 Å². The van der Waals surface area contributed by atoms with Crippen molar-refractivity contribution >= 4 is 12.0 Å². The van der Waals surface area contributed by atoms with Crippen molar-refractivity contribution in [3.63, 3.8) is 0 Å². The molecule has 0 atom stereocenters. The Hall–Kier alpha value is -2.82. The Morgan fingerprint density at radius 3 is 3.08 bits per heavy atom. The summed E-state index contributed by atoms with van der Waals surface area (Å²) < 4.78 is 7.30.